The maximum Gasteiger partial charge on any atom is 0.237 e. The molecule has 6 heterocycles. The second kappa shape index (κ2) is 16.1. The van der Waals surface area contributed by atoms with Crippen molar-refractivity contribution in [2.24, 2.45) is 7.05 Å². The normalized spacial score (nSPS) is 16.4. The summed E-state index contributed by atoms with van der Waals surface area (Å²) in [4.78, 5) is 27.9. The van der Waals surface area contributed by atoms with Crippen LogP contribution in [0.25, 0.3) is 38.4 Å². The molecule has 2 aliphatic heterocycles. The standard InChI is InChI=1S/C19H25N5OS2.C16H16N4OS/c1-22-13-20-19(21-22)17-4-3-16(27-17)14-5-9-24(10-6-14)18(25)12-23-8-7-15(11-23)26-2;1-10(2)21-15-6-3-11(8-17-15)16-13-7-12(18-9-22)4-5-14(13)19-20-16/h3-5,13,15H,6-12H2,1-2H3;3-10H,1-2H3,(H,18,22)(H,19,20)/t15-;/m0./s1. The van der Waals surface area contributed by atoms with Crippen LogP contribution in [0, 0.1) is 0 Å². The summed E-state index contributed by atoms with van der Waals surface area (Å²) in [6, 6.07) is 14.0. The molecule has 0 bridgehead atoms. The third kappa shape index (κ3) is 8.74. The number of anilines is 1. The molecule has 0 aliphatic carbocycles. The Morgan fingerprint density at radius 1 is 1.18 bits per heavy atom. The number of likely N-dealkylation sites (tertiary alicyclic amines) is 1. The summed E-state index contributed by atoms with van der Waals surface area (Å²) in [5, 5.41) is 16.5. The summed E-state index contributed by atoms with van der Waals surface area (Å²) in [6.45, 7) is 8.12. The summed E-state index contributed by atoms with van der Waals surface area (Å²) in [5.41, 5.74) is 6.49. The molecule has 1 atom stereocenters. The van der Waals surface area contributed by atoms with Crippen LogP contribution in [0.2, 0.25) is 0 Å². The van der Waals surface area contributed by atoms with E-state index < -0.39 is 0 Å². The fraction of sp³-hybridized carbons (Fsp3) is 0.371. The molecule has 5 aromatic rings. The van der Waals surface area contributed by atoms with Crippen molar-refractivity contribution in [2.45, 2.75) is 38.0 Å². The van der Waals surface area contributed by atoms with Crippen LogP contribution >= 0.6 is 35.3 Å². The number of carbonyl (C=O) groups is 1. The highest BCUT2D eigenvalue weighted by Crippen LogP contribution is 2.33. The molecule has 1 amide bonds. The number of nitrogens with one attached hydrogen (secondary N) is 2. The number of thioether (sulfide) groups is 1. The molecular weight excluding hydrogens is 675 g/mol. The number of pyridine rings is 1. The van der Waals surface area contributed by atoms with Crippen LogP contribution < -0.4 is 10.1 Å². The molecule has 49 heavy (non-hydrogen) atoms. The first-order valence-corrected chi connectivity index (χ1v) is 18.9. The van der Waals surface area contributed by atoms with E-state index in [0.29, 0.717) is 24.2 Å². The van der Waals surface area contributed by atoms with E-state index in [0.717, 1.165) is 64.6 Å². The lowest BCUT2D eigenvalue weighted by atomic mass is 10.1. The van der Waals surface area contributed by atoms with E-state index in [2.05, 4.69) is 59.9 Å². The van der Waals surface area contributed by atoms with Gasteiger partial charge in [-0.25, -0.2) is 9.97 Å². The fourth-order valence-corrected chi connectivity index (χ4v) is 7.70. The second-order valence-corrected chi connectivity index (χ2v) is 14.7. The van der Waals surface area contributed by atoms with E-state index in [1.54, 1.807) is 28.5 Å². The Balaban J connectivity index is 0.000000174. The first kappa shape index (κ1) is 34.7. The predicted molar refractivity (Wildman–Crippen MR) is 204 cm³/mol. The first-order valence-electron chi connectivity index (χ1n) is 16.3. The highest BCUT2D eigenvalue weighted by molar-refractivity contribution is 7.99. The van der Waals surface area contributed by atoms with Gasteiger partial charge in [-0.2, -0.15) is 22.0 Å². The molecule has 2 aliphatic rings. The van der Waals surface area contributed by atoms with Gasteiger partial charge >= 0.3 is 0 Å². The zero-order valence-corrected chi connectivity index (χ0v) is 30.6. The third-order valence-electron chi connectivity index (χ3n) is 8.38. The number of benzene rings is 1. The summed E-state index contributed by atoms with van der Waals surface area (Å²) >= 11 is 8.46. The van der Waals surface area contributed by atoms with Gasteiger partial charge in [0, 0.05) is 65.7 Å². The van der Waals surface area contributed by atoms with Crippen LogP contribution in [0.4, 0.5) is 5.69 Å². The zero-order chi connectivity index (χ0) is 34.3. The van der Waals surface area contributed by atoms with Crippen molar-refractivity contribution in [2.75, 3.05) is 44.3 Å². The Morgan fingerprint density at radius 2 is 2.04 bits per heavy atom. The molecule has 0 radical (unpaired) electrons. The van der Waals surface area contributed by atoms with E-state index in [1.165, 1.54) is 22.4 Å². The van der Waals surface area contributed by atoms with E-state index in [9.17, 15) is 4.79 Å². The minimum atomic E-state index is 0.104. The lowest BCUT2D eigenvalue weighted by Gasteiger charge is -2.28. The summed E-state index contributed by atoms with van der Waals surface area (Å²) in [6.07, 6.45) is 10.1. The van der Waals surface area contributed by atoms with E-state index in [1.807, 2.05) is 67.9 Å². The molecule has 7 rings (SSSR count). The molecule has 11 nitrogen and oxygen atoms in total. The minimum Gasteiger partial charge on any atom is -0.475 e. The first-order chi connectivity index (χ1) is 23.8. The third-order valence-corrected chi connectivity index (χ3v) is 10.7. The molecule has 14 heteroatoms. The van der Waals surface area contributed by atoms with Crippen LogP contribution in [-0.4, -0.2) is 101 Å². The number of nitrogens with zero attached hydrogens (tertiary/aromatic N) is 7. The Morgan fingerprint density at radius 3 is 2.71 bits per heavy atom. The molecule has 1 aromatic carbocycles. The van der Waals surface area contributed by atoms with Gasteiger partial charge in [-0.1, -0.05) is 18.3 Å². The van der Waals surface area contributed by atoms with Crippen molar-refractivity contribution in [3.63, 3.8) is 0 Å². The van der Waals surface area contributed by atoms with Gasteiger partial charge in [0.05, 0.1) is 28.5 Å². The number of hydrogen-bond donors (Lipinski definition) is 2. The number of aryl methyl sites for hydroxylation is 1. The zero-order valence-electron chi connectivity index (χ0n) is 28.1. The molecule has 2 N–H and O–H groups in total. The number of ether oxygens (including phenoxy) is 1. The van der Waals surface area contributed by atoms with Crippen LogP contribution in [-0.2, 0) is 11.8 Å². The van der Waals surface area contributed by atoms with Gasteiger partial charge in [0.15, 0.2) is 5.82 Å². The molecular formula is C35H41N9O2S3. The van der Waals surface area contributed by atoms with Crippen LogP contribution in [0.5, 0.6) is 5.88 Å². The number of thiophene rings is 1. The monoisotopic (exact) mass is 715 g/mol. The lowest BCUT2D eigenvalue weighted by Crippen LogP contribution is -2.41. The van der Waals surface area contributed by atoms with E-state index >= 15 is 0 Å². The van der Waals surface area contributed by atoms with Gasteiger partial charge in [-0.15, -0.1) is 11.3 Å². The topological polar surface area (TPSA) is 117 Å². The quantitative estimate of drug-likeness (QED) is 0.158. The summed E-state index contributed by atoms with van der Waals surface area (Å²) in [7, 11) is 1.88. The van der Waals surface area contributed by atoms with Gasteiger partial charge < -0.3 is 15.0 Å². The molecule has 0 spiro atoms. The van der Waals surface area contributed by atoms with Crippen molar-refractivity contribution in [1.29, 1.82) is 0 Å². The highest BCUT2D eigenvalue weighted by atomic mass is 32.2. The molecule has 0 saturated carbocycles. The van der Waals surface area contributed by atoms with Crippen molar-refractivity contribution >= 4 is 68.9 Å². The lowest BCUT2D eigenvalue weighted by molar-refractivity contribution is -0.131. The highest BCUT2D eigenvalue weighted by Gasteiger charge is 2.26. The summed E-state index contributed by atoms with van der Waals surface area (Å²) in [5.74, 6) is 1.65. The van der Waals surface area contributed by atoms with E-state index in [-0.39, 0.29) is 12.0 Å². The van der Waals surface area contributed by atoms with Gasteiger partial charge in [0.25, 0.3) is 0 Å². The SMILES string of the molecule is CC(C)Oc1ccc(-c2n[nH]c3ccc(NC=S)cc23)cn1.CS[C@H]1CCN(CC(=O)N2CC=C(c3ccc(-c4ncn(C)n4)s3)CC2)C1. The Kier molecular flexibility index (Phi) is 11.4. The number of aromatic nitrogens is 6. The minimum absolute atomic E-state index is 0.104. The van der Waals surface area contributed by atoms with Crippen molar-refractivity contribution in [3.8, 4) is 27.8 Å². The largest absolute Gasteiger partial charge is 0.475 e. The number of amides is 1. The van der Waals surface area contributed by atoms with Crippen molar-refractivity contribution in [3.05, 3.63) is 65.9 Å². The molecule has 4 aromatic heterocycles. The molecule has 0 unspecified atom stereocenters. The van der Waals surface area contributed by atoms with Gasteiger partial charge in [0.2, 0.25) is 11.8 Å². The Bertz CT molecular complexity index is 1910. The summed E-state index contributed by atoms with van der Waals surface area (Å²) < 4.78 is 7.28. The van der Waals surface area contributed by atoms with Crippen molar-refractivity contribution in [1.82, 2.24) is 39.7 Å². The Labute approximate surface area is 300 Å². The maximum absolute atomic E-state index is 12.6. The molecule has 256 valence electrons. The number of carbonyl (C=O) groups excluding carboxylic acids is 1. The number of aromatic amines is 1. The number of fused-ring (bicyclic) bond motifs is 1. The average Bonchev–Trinajstić information content (AvgIpc) is 3.93. The van der Waals surface area contributed by atoms with Crippen molar-refractivity contribution < 1.29 is 9.53 Å². The van der Waals surface area contributed by atoms with Crippen LogP contribution in [0.15, 0.2) is 61.1 Å². The van der Waals surface area contributed by atoms with Gasteiger partial charge in [-0.05, 0) is 81.5 Å². The van der Waals surface area contributed by atoms with Crippen LogP contribution in [0.1, 0.15) is 31.6 Å². The Hall–Kier alpha value is -4.11. The molecule has 1 saturated heterocycles. The maximum atomic E-state index is 12.6. The smallest absolute Gasteiger partial charge is 0.237 e. The number of thiocarbonyl (C=S) groups is 1. The average molecular weight is 716 g/mol. The van der Waals surface area contributed by atoms with Gasteiger partial charge in [0.1, 0.15) is 12.0 Å². The number of rotatable bonds is 10. The predicted octanol–water partition coefficient (Wildman–Crippen LogP) is 6.38. The number of H-pyrrole nitrogens is 1. The second-order valence-electron chi connectivity index (χ2n) is 12.3. The van der Waals surface area contributed by atoms with Crippen LogP contribution in [0.3, 0.4) is 0 Å². The fourth-order valence-electron chi connectivity index (χ4n) is 5.85. The van der Waals surface area contributed by atoms with E-state index in [4.69, 9.17) is 17.0 Å². The molecule has 1 fully saturated rings. The number of hydrogen-bond acceptors (Lipinski definition) is 10. The van der Waals surface area contributed by atoms with Gasteiger partial charge in [-0.3, -0.25) is 19.5 Å².